The number of halogens is 1. The molecule has 2 rings (SSSR count). The molecule has 1 aliphatic carbocycles. The van der Waals surface area contributed by atoms with Gasteiger partial charge in [-0.1, -0.05) is 24.5 Å². The third-order valence-corrected chi connectivity index (χ3v) is 4.74. The number of aliphatic carboxylic acids is 1. The van der Waals surface area contributed by atoms with Gasteiger partial charge in [0, 0.05) is 3.57 Å². The van der Waals surface area contributed by atoms with Crippen LogP contribution < -0.4 is 5.32 Å². The molecular weight excluding hydrogens is 369 g/mol. The van der Waals surface area contributed by atoms with Crippen molar-refractivity contribution in [3.05, 3.63) is 32.9 Å². The number of carbonyl (C=O) groups excluding carboxylic acids is 1. The van der Waals surface area contributed by atoms with E-state index in [1.807, 2.05) is 25.1 Å². The Morgan fingerprint density at radius 3 is 2.60 bits per heavy atom. The molecule has 0 radical (unpaired) electrons. The maximum atomic E-state index is 12.5. The number of amides is 1. The predicted octanol–water partition coefficient (Wildman–Crippen LogP) is 3.12. The molecule has 0 saturated heterocycles. The van der Waals surface area contributed by atoms with Gasteiger partial charge in [0.2, 0.25) is 0 Å². The van der Waals surface area contributed by atoms with Crippen molar-refractivity contribution in [1.29, 1.82) is 0 Å². The summed E-state index contributed by atoms with van der Waals surface area (Å²) in [5.41, 5.74) is 1.08. The van der Waals surface area contributed by atoms with Crippen molar-refractivity contribution in [2.24, 2.45) is 0 Å². The summed E-state index contributed by atoms with van der Waals surface area (Å²) >= 11 is 2.13. The maximum absolute atomic E-state index is 12.5. The summed E-state index contributed by atoms with van der Waals surface area (Å²) in [7, 11) is 0. The summed E-state index contributed by atoms with van der Waals surface area (Å²) in [6.07, 6.45) is 3.43. The second-order valence-electron chi connectivity index (χ2n) is 5.50. The predicted molar refractivity (Wildman–Crippen MR) is 84.8 cm³/mol. The van der Waals surface area contributed by atoms with Crippen LogP contribution in [0.5, 0.6) is 0 Å². The number of nitrogens with one attached hydrogen (secondary N) is 1. The molecule has 0 spiro atoms. The molecule has 5 heteroatoms. The third kappa shape index (κ3) is 3.50. The highest BCUT2D eigenvalue weighted by molar-refractivity contribution is 14.1. The highest BCUT2D eigenvalue weighted by Gasteiger charge is 2.37. The van der Waals surface area contributed by atoms with E-state index in [4.69, 9.17) is 5.11 Å². The number of hydrogen-bond donors (Lipinski definition) is 2. The van der Waals surface area contributed by atoms with E-state index in [9.17, 15) is 9.59 Å². The summed E-state index contributed by atoms with van der Waals surface area (Å²) in [6.45, 7) is 1.94. The van der Waals surface area contributed by atoms with Crippen LogP contribution in [0.15, 0.2) is 18.2 Å². The Kier molecular flexibility index (Phi) is 4.67. The summed E-state index contributed by atoms with van der Waals surface area (Å²) in [5.74, 6) is -1.02. The van der Waals surface area contributed by atoms with Crippen molar-refractivity contribution in [3.8, 4) is 0 Å². The van der Waals surface area contributed by atoms with Gasteiger partial charge in [-0.25, -0.2) is 0 Å². The van der Waals surface area contributed by atoms with E-state index >= 15 is 0 Å². The molecule has 1 amide bonds. The lowest BCUT2D eigenvalue weighted by molar-refractivity contribution is -0.138. The maximum Gasteiger partial charge on any atom is 0.305 e. The van der Waals surface area contributed by atoms with Crippen LogP contribution in [0.2, 0.25) is 0 Å². The molecule has 1 aromatic carbocycles. The van der Waals surface area contributed by atoms with Crippen LogP contribution in [-0.4, -0.2) is 22.5 Å². The highest BCUT2D eigenvalue weighted by atomic mass is 127. The molecule has 0 aromatic heterocycles. The summed E-state index contributed by atoms with van der Waals surface area (Å²) in [6, 6.07) is 5.71. The zero-order valence-corrected chi connectivity index (χ0v) is 13.6. The Bertz CT molecular complexity index is 536. The number of hydrogen-bond acceptors (Lipinski definition) is 2. The highest BCUT2D eigenvalue weighted by Crippen LogP contribution is 2.33. The number of benzene rings is 1. The molecule has 0 bridgehead atoms. The molecule has 0 atom stereocenters. The number of carbonyl (C=O) groups is 2. The van der Waals surface area contributed by atoms with Gasteiger partial charge in [-0.05, 0) is 54.5 Å². The minimum absolute atomic E-state index is 0.00113. The lowest BCUT2D eigenvalue weighted by atomic mass is 9.92. The Morgan fingerprint density at radius 1 is 1.35 bits per heavy atom. The molecule has 108 valence electrons. The van der Waals surface area contributed by atoms with Gasteiger partial charge in [-0.2, -0.15) is 0 Å². The molecule has 0 unspecified atom stereocenters. The third-order valence-electron chi connectivity index (χ3n) is 3.80. The second kappa shape index (κ2) is 6.11. The fraction of sp³-hybridized carbons (Fsp3) is 0.467. The van der Waals surface area contributed by atoms with E-state index in [2.05, 4.69) is 27.9 Å². The van der Waals surface area contributed by atoms with Gasteiger partial charge in [-0.15, -0.1) is 0 Å². The van der Waals surface area contributed by atoms with Gasteiger partial charge in [0.1, 0.15) is 0 Å². The van der Waals surface area contributed by atoms with E-state index in [1.165, 1.54) is 0 Å². The fourth-order valence-corrected chi connectivity index (χ4v) is 3.39. The van der Waals surface area contributed by atoms with Crippen LogP contribution in [0.3, 0.4) is 0 Å². The number of rotatable bonds is 4. The first-order valence-electron chi connectivity index (χ1n) is 6.72. The van der Waals surface area contributed by atoms with E-state index in [-0.39, 0.29) is 12.3 Å². The summed E-state index contributed by atoms with van der Waals surface area (Å²) in [5, 5.41) is 12.1. The molecule has 1 saturated carbocycles. The number of carboxylic acid groups (broad SMARTS) is 1. The standard InChI is InChI=1S/C15H18INO3/c1-10-4-5-12(16)11(8-10)14(20)17-15(9-13(18)19)6-2-3-7-15/h4-5,8H,2-3,6-7,9H2,1H3,(H,17,20)(H,18,19). The normalized spacial score (nSPS) is 16.9. The van der Waals surface area contributed by atoms with E-state index in [1.54, 1.807) is 0 Å². The first-order valence-corrected chi connectivity index (χ1v) is 7.80. The van der Waals surface area contributed by atoms with E-state index in [0.717, 1.165) is 34.8 Å². The first kappa shape index (κ1) is 15.3. The minimum Gasteiger partial charge on any atom is -0.481 e. The average Bonchev–Trinajstić information content (AvgIpc) is 2.79. The van der Waals surface area contributed by atoms with Crippen LogP contribution >= 0.6 is 22.6 Å². The monoisotopic (exact) mass is 387 g/mol. The van der Waals surface area contributed by atoms with E-state index in [0.29, 0.717) is 5.56 Å². The van der Waals surface area contributed by atoms with Crippen molar-refractivity contribution in [3.63, 3.8) is 0 Å². The average molecular weight is 387 g/mol. The minimum atomic E-state index is -0.855. The lowest BCUT2D eigenvalue weighted by Gasteiger charge is -2.29. The summed E-state index contributed by atoms with van der Waals surface area (Å²) in [4.78, 5) is 23.5. The van der Waals surface area contributed by atoms with Gasteiger partial charge >= 0.3 is 5.97 Å². The van der Waals surface area contributed by atoms with Crippen molar-refractivity contribution >= 4 is 34.5 Å². The van der Waals surface area contributed by atoms with Crippen LogP contribution in [0.1, 0.15) is 48.0 Å². The SMILES string of the molecule is Cc1ccc(I)c(C(=O)NC2(CC(=O)O)CCCC2)c1. The van der Waals surface area contributed by atoms with Gasteiger partial charge in [0.15, 0.2) is 0 Å². The van der Waals surface area contributed by atoms with Crippen molar-refractivity contribution in [2.45, 2.75) is 44.6 Å². The Balaban J connectivity index is 2.20. The van der Waals surface area contributed by atoms with Gasteiger partial charge in [0.05, 0.1) is 17.5 Å². The molecule has 20 heavy (non-hydrogen) atoms. The molecule has 4 nitrogen and oxygen atoms in total. The molecule has 0 aliphatic heterocycles. The van der Waals surface area contributed by atoms with Crippen LogP contribution in [-0.2, 0) is 4.79 Å². The largest absolute Gasteiger partial charge is 0.481 e. The zero-order valence-electron chi connectivity index (χ0n) is 11.4. The van der Waals surface area contributed by atoms with Gasteiger partial charge in [-0.3, -0.25) is 9.59 Å². The number of aryl methyl sites for hydroxylation is 1. The Labute approximate surface area is 132 Å². The second-order valence-corrected chi connectivity index (χ2v) is 6.66. The van der Waals surface area contributed by atoms with Crippen LogP contribution in [0.25, 0.3) is 0 Å². The zero-order chi connectivity index (χ0) is 14.8. The summed E-state index contributed by atoms with van der Waals surface area (Å²) < 4.78 is 0.883. The topological polar surface area (TPSA) is 66.4 Å². The molecule has 1 aliphatic rings. The fourth-order valence-electron chi connectivity index (χ4n) is 2.81. The van der Waals surface area contributed by atoms with E-state index < -0.39 is 11.5 Å². The smallest absolute Gasteiger partial charge is 0.305 e. The van der Waals surface area contributed by atoms with Crippen LogP contribution in [0, 0.1) is 10.5 Å². The van der Waals surface area contributed by atoms with Crippen molar-refractivity contribution in [1.82, 2.24) is 5.32 Å². The van der Waals surface area contributed by atoms with Gasteiger partial charge < -0.3 is 10.4 Å². The van der Waals surface area contributed by atoms with Crippen molar-refractivity contribution in [2.75, 3.05) is 0 Å². The van der Waals surface area contributed by atoms with Crippen molar-refractivity contribution < 1.29 is 14.7 Å². The lowest BCUT2D eigenvalue weighted by Crippen LogP contribution is -2.48. The first-order chi connectivity index (χ1) is 9.42. The van der Waals surface area contributed by atoms with Crippen LogP contribution in [0.4, 0.5) is 0 Å². The van der Waals surface area contributed by atoms with Gasteiger partial charge in [0.25, 0.3) is 5.91 Å². The Morgan fingerprint density at radius 2 is 2.00 bits per heavy atom. The molecule has 1 fully saturated rings. The molecule has 2 N–H and O–H groups in total. The quantitative estimate of drug-likeness (QED) is 0.781. The Hall–Kier alpha value is -1.11. The number of carboxylic acids is 1. The molecule has 1 aromatic rings. The molecular formula is C15H18INO3. The molecule has 0 heterocycles.